The number of amides is 2. The van der Waals surface area contributed by atoms with Gasteiger partial charge in [-0.1, -0.05) is 12.1 Å². The Morgan fingerprint density at radius 3 is 2.44 bits per heavy atom. The van der Waals surface area contributed by atoms with Gasteiger partial charge < -0.3 is 20.9 Å². The molecule has 4 rings (SSSR count). The van der Waals surface area contributed by atoms with Crippen LogP contribution >= 0.6 is 0 Å². The molecule has 6 nitrogen and oxygen atoms in total. The molecule has 2 amide bonds. The molecule has 0 radical (unpaired) electrons. The maximum absolute atomic E-state index is 12.4. The highest BCUT2D eigenvalue weighted by Crippen LogP contribution is 2.27. The second-order valence-corrected chi connectivity index (χ2v) is 7.08. The van der Waals surface area contributed by atoms with Gasteiger partial charge in [0.25, 0.3) is 0 Å². The minimum atomic E-state index is -0.576. The number of carbonyl (C=O) groups is 2. The summed E-state index contributed by atoms with van der Waals surface area (Å²) >= 11 is 0. The van der Waals surface area contributed by atoms with Crippen LogP contribution in [-0.2, 0) is 9.59 Å². The molecule has 1 unspecified atom stereocenters. The van der Waals surface area contributed by atoms with Crippen molar-refractivity contribution in [2.45, 2.75) is 31.7 Å². The van der Waals surface area contributed by atoms with E-state index in [4.69, 9.17) is 0 Å². The first-order valence-corrected chi connectivity index (χ1v) is 9.50. The van der Waals surface area contributed by atoms with E-state index < -0.39 is 6.04 Å². The molecule has 2 aromatic rings. The van der Waals surface area contributed by atoms with Crippen LogP contribution in [0, 0.1) is 0 Å². The molecular formula is C21H24N4O2. The standard InChI is InChI=1S/C21H24N4O2/c26-20(14-19-21(27)24-18-7-3-2-6-17(18)23-19)22-15-8-10-16(11-9-15)25-12-4-1-5-13-25/h2-3,6-11,19,23H,1,4-5,12-14H2,(H,22,26)(H,24,27). The van der Waals surface area contributed by atoms with Crippen molar-refractivity contribution in [2.75, 3.05) is 33.9 Å². The summed E-state index contributed by atoms with van der Waals surface area (Å²) in [4.78, 5) is 27.0. The normalized spacial score (nSPS) is 18.9. The van der Waals surface area contributed by atoms with Gasteiger partial charge in [0, 0.05) is 24.5 Å². The molecule has 1 saturated heterocycles. The lowest BCUT2D eigenvalue weighted by molar-refractivity contribution is -0.122. The van der Waals surface area contributed by atoms with Crippen LogP contribution in [0.4, 0.5) is 22.7 Å². The summed E-state index contributed by atoms with van der Waals surface area (Å²) in [5.41, 5.74) is 3.52. The quantitative estimate of drug-likeness (QED) is 0.777. The fourth-order valence-corrected chi connectivity index (χ4v) is 3.64. The summed E-state index contributed by atoms with van der Waals surface area (Å²) in [6.45, 7) is 2.19. The van der Waals surface area contributed by atoms with Gasteiger partial charge in [-0.25, -0.2) is 0 Å². The number of hydrogen-bond donors (Lipinski definition) is 3. The van der Waals surface area contributed by atoms with Crippen LogP contribution in [0.15, 0.2) is 48.5 Å². The predicted molar refractivity (Wildman–Crippen MR) is 108 cm³/mol. The molecular weight excluding hydrogens is 340 g/mol. The monoisotopic (exact) mass is 364 g/mol. The highest BCUT2D eigenvalue weighted by molar-refractivity contribution is 6.06. The van der Waals surface area contributed by atoms with E-state index in [1.165, 1.54) is 24.9 Å². The first-order chi connectivity index (χ1) is 13.2. The predicted octanol–water partition coefficient (Wildman–Crippen LogP) is 3.44. The summed E-state index contributed by atoms with van der Waals surface area (Å²) < 4.78 is 0. The van der Waals surface area contributed by atoms with Crippen molar-refractivity contribution < 1.29 is 9.59 Å². The van der Waals surface area contributed by atoms with E-state index in [0.29, 0.717) is 0 Å². The zero-order valence-corrected chi connectivity index (χ0v) is 15.2. The Morgan fingerprint density at radius 2 is 1.70 bits per heavy atom. The number of anilines is 4. The van der Waals surface area contributed by atoms with E-state index in [1.54, 1.807) is 0 Å². The molecule has 0 saturated carbocycles. The molecule has 0 aliphatic carbocycles. The van der Waals surface area contributed by atoms with Crippen molar-refractivity contribution in [3.63, 3.8) is 0 Å². The van der Waals surface area contributed by atoms with Crippen molar-refractivity contribution in [2.24, 2.45) is 0 Å². The van der Waals surface area contributed by atoms with Gasteiger partial charge in [-0.3, -0.25) is 9.59 Å². The minimum Gasteiger partial charge on any atom is -0.372 e. The molecule has 0 bridgehead atoms. The van der Waals surface area contributed by atoms with Gasteiger partial charge in [-0.05, 0) is 55.7 Å². The Bertz CT molecular complexity index is 828. The number of piperidine rings is 1. The van der Waals surface area contributed by atoms with E-state index >= 15 is 0 Å². The van der Waals surface area contributed by atoms with Gasteiger partial charge >= 0.3 is 0 Å². The number of nitrogens with zero attached hydrogens (tertiary/aromatic N) is 1. The summed E-state index contributed by atoms with van der Waals surface area (Å²) in [5.74, 6) is -0.378. The largest absolute Gasteiger partial charge is 0.372 e. The third-order valence-electron chi connectivity index (χ3n) is 5.09. The Labute approximate surface area is 158 Å². The molecule has 3 N–H and O–H groups in total. The molecule has 1 atom stereocenters. The molecule has 2 heterocycles. The summed E-state index contributed by atoms with van der Waals surface area (Å²) in [6.07, 6.45) is 3.85. The van der Waals surface area contributed by atoms with Crippen LogP contribution in [0.5, 0.6) is 0 Å². The van der Waals surface area contributed by atoms with Gasteiger partial charge in [0.1, 0.15) is 6.04 Å². The molecule has 2 aliphatic rings. The van der Waals surface area contributed by atoms with Gasteiger partial charge in [0.15, 0.2) is 0 Å². The first-order valence-electron chi connectivity index (χ1n) is 9.50. The van der Waals surface area contributed by atoms with Crippen LogP contribution in [0.25, 0.3) is 0 Å². The van der Waals surface area contributed by atoms with Crippen molar-refractivity contribution >= 4 is 34.6 Å². The topological polar surface area (TPSA) is 73.5 Å². The molecule has 0 spiro atoms. The molecule has 2 aromatic carbocycles. The van der Waals surface area contributed by atoms with Gasteiger partial charge in [0.2, 0.25) is 11.8 Å². The average Bonchev–Trinajstić information content (AvgIpc) is 2.70. The lowest BCUT2D eigenvalue weighted by Crippen LogP contribution is -2.41. The Balaban J connectivity index is 1.35. The van der Waals surface area contributed by atoms with Crippen molar-refractivity contribution in [3.05, 3.63) is 48.5 Å². The SMILES string of the molecule is O=C(CC1Nc2ccccc2NC1=O)Nc1ccc(N2CCCCC2)cc1. The highest BCUT2D eigenvalue weighted by Gasteiger charge is 2.27. The Hall–Kier alpha value is -3.02. The second-order valence-electron chi connectivity index (χ2n) is 7.08. The molecule has 140 valence electrons. The van der Waals surface area contributed by atoms with Crippen LogP contribution in [0.3, 0.4) is 0 Å². The van der Waals surface area contributed by atoms with Crippen LogP contribution in [0.2, 0.25) is 0 Å². The third kappa shape index (κ3) is 4.05. The smallest absolute Gasteiger partial charge is 0.247 e. The molecule has 0 aromatic heterocycles. The molecule has 1 fully saturated rings. The zero-order chi connectivity index (χ0) is 18.6. The highest BCUT2D eigenvalue weighted by atomic mass is 16.2. The van der Waals surface area contributed by atoms with Crippen LogP contribution < -0.4 is 20.9 Å². The number of fused-ring (bicyclic) bond motifs is 1. The number of nitrogens with one attached hydrogen (secondary N) is 3. The fraction of sp³-hybridized carbons (Fsp3) is 0.333. The number of para-hydroxylation sites is 2. The number of carbonyl (C=O) groups excluding carboxylic acids is 2. The zero-order valence-electron chi connectivity index (χ0n) is 15.2. The fourth-order valence-electron chi connectivity index (χ4n) is 3.64. The van der Waals surface area contributed by atoms with E-state index in [-0.39, 0.29) is 18.2 Å². The van der Waals surface area contributed by atoms with Gasteiger partial charge in [-0.2, -0.15) is 0 Å². The number of rotatable bonds is 4. The summed E-state index contributed by atoms with van der Waals surface area (Å²) in [6, 6.07) is 14.8. The van der Waals surface area contributed by atoms with Crippen molar-refractivity contribution in [1.82, 2.24) is 0 Å². The van der Waals surface area contributed by atoms with Gasteiger partial charge in [-0.15, -0.1) is 0 Å². The molecule has 6 heteroatoms. The lowest BCUT2D eigenvalue weighted by atomic mass is 10.1. The molecule has 27 heavy (non-hydrogen) atoms. The Morgan fingerprint density at radius 1 is 1.00 bits per heavy atom. The van der Waals surface area contributed by atoms with Crippen molar-refractivity contribution in [3.8, 4) is 0 Å². The summed E-state index contributed by atoms with van der Waals surface area (Å²) in [7, 11) is 0. The van der Waals surface area contributed by atoms with E-state index in [9.17, 15) is 9.59 Å². The van der Waals surface area contributed by atoms with E-state index in [0.717, 1.165) is 30.2 Å². The Kier molecular flexibility index (Phi) is 4.96. The van der Waals surface area contributed by atoms with E-state index in [1.807, 2.05) is 48.5 Å². The van der Waals surface area contributed by atoms with E-state index in [2.05, 4.69) is 20.9 Å². The van der Waals surface area contributed by atoms with Crippen molar-refractivity contribution in [1.29, 1.82) is 0 Å². The average molecular weight is 364 g/mol. The lowest BCUT2D eigenvalue weighted by Gasteiger charge is -2.29. The number of benzene rings is 2. The maximum atomic E-state index is 12.4. The van der Waals surface area contributed by atoms with Gasteiger partial charge in [0.05, 0.1) is 17.8 Å². The maximum Gasteiger partial charge on any atom is 0.247 e. The number of hydrogen-bond acceptors (Lipinski definition) is 4. The molecule has 2 aliphatic heterocycles. The summed E-state index contributed by atoms with van der Waals surface area (Å²) in [5, 5.41) is 8.86. The van der Waals surface area contributed by atoms with Crippen LogP contribution in [0.1, 0.15) is 25.7 Å². The first kappa shape index (κ1) is 17.4. The third-order valence-corrected chi connectivity index (χ3v) is 5.09. The minimum absolute atomic E-state index is 0.0774. The second kappa shape index (κ2) is 7.70. The van der Waals surface area contributed by atoms with Crippen LogP contribution in [-0.4, -0.2) is 30.9 Å².